The van der Waals surface area contributed by atoms with E-state index in [0.29, 0.717) is 18.5 Å². The minimum Gasteiger partial charge on any atom is -0.354 e. The molecule has 0 saturated heterocycles. The molecule has 5 heteroatoms. The summed E-state index contributed by atoms with van der Waals surface area (Å²) in [6, 6.07) is 22.9. The van der Waals surface area contributed by atoms with Crippen LogP contribution >= 0.6 is 0 Å². The second kappa shape index (κ2) is 12.0. The number of rotatable bonds is 10. The van der Waals surface area contributed by atoms with E-state index in [2.05, 4.69) is 5.32 Å². The minimum atomic E-state index is -0.755. The van der Waals surface area contributed by atoms with Gasteiger partial charge in [0, 0.05) is 25.1 Å². The number of carbonyl (C=O) groups excluding carboxylic acids is 2. The summed E-state index contributed by atoms with van der Waals surface area (Å²) < 4.78 is 14.6. The van der Waals surface area contributed by atoms with Crippen LogP contribution in [0.4, 0.5) is 4.39 Å². The number of benzene rings is 3. The zero-order chi connectivity index (χ0) is 23.6. The molecule has 1 atom stereocenters. The van der Waals surface area contributed by atoms with E-state index in [9.17, 15) is 14.0 Å². The average Bonchev–Trinajstić information content (AvgIpc) is 2.83. The molecule has 4 nitrogen and oxygen atoms in total. The highest BCUT2D eigenvalue weighted by Gasteiger charge is 2.31. The molecule has 0 spiro atoms. The molecule has 3 aromatic carbocycles. The van der Waals surface area contributed by atoms with Crippen LogP contribution in [0.1, 0.15) is 35.6 Å². The van der Waals surface area contributed by atoms with Crippen molar-refractivity contribution in [3.8, 4) is 0 Å². The zero-order valence-corrected chi connectivity index (χ0v) is 19.3. The highest BCUT2D eigenvalue weighted by Crippen LogP contribution is 2.19. The normalized spacial score (nSPS) is 11.6. The number of amides is 2. The lowest BCUT2D eigenvalue weighted by Gasteiger charge is -2.32. The predicted molar refractivity (Wildman–Crippen MR) is 129 cm³/mol. The summed E-state index contributed by atoms with van der Waals surface area (Å²) in [6.45, 7) is 4.48. The first-order valence-electron chi connectivity index (χ1n) is 11.4. The Morgan fingerprint density at radius 1 is 0.909 bits per heavy atom. The third kappa shape index (κ3) is 6.75. The molecular formula is C28H31FN2O2. The number of nitrogens with one attached hydrogen (secondary N) is 1. The van der Waals surface area contributed by atoms with Crippen molar-refractivity contribution in [2.24, 2.45) is 0 Å². The molecule has 0 fully saturated rings. The number of halogens is 1. The van der Waals surface area contributed by atoms with Crippen molar-refractivity contribution in [1.29, 1.82) is 0 Å². The quantitative estimate of drug-likeness (QED) is 0.484. The summed E-state index contributed by atoms with van der Waals surface area (Å²) in [6.07, 6.45) is 1.28. The van der Waals surface area contributed by atoms with E-state index in [1.807, 2.05) is 68.4 Å². The lowest BCUT2D eigenvalue weighted by atomic mass is 10.00. The topological polar surface area (TPSA) is 49.4 Å². The molecule has 3 aromatic rings. The lowest BCUT2D eigenvalue weighted by molar-refractivity contribution is -0.140. The predicted octanol–water partition coefficient (Wildman–Crippen LogP) is 4.84. The third-order valence-corrected chi connectivity index (χ3v) is 5.72. The molecule has 0 saturated carbocycles. The fraction of sp³-hybridized carbons (Fsp3) is 0.286. The van der Waals surface area contributed by atoms with Crippen LogP contribution in [0.3, 0.4) is 0 Å². The molecule has 0 radical (unpaired) electrons. The maximum atomic E-state index is 14.6. The molecule has 0 aliphatic heterocycles. The monoisotopic (exact) mass is 446 g/mol. The Morgan fingerprint density at radius 3 is 2.21 bits per heavy atom. The maximum absolute atomic E-state index is 14.6. The van der Waals surface area contributed by atoms with Gasteiger partial charge in [0.1, 0.15) is 11.9 Å². The van der Waals surface area contributed by atoms with E-state index in [-0.39, 0.29) is 24.8 Å². The molecule has 0 aromatic heterocycles. The van der Waals surface area contributed by atoms with Gasteiger partial charge >= 0.3 is 0 Å². The van der Waals surface area contributed by atoms with Gasteiger partial charge in [-0.15, -0.1) is 0 Å². The highest BCUT2D eigenvalue weighted by atomic mass is 19.1. The van der Waals surface area contributed by atoms with Crippen molar-refractivity contribution in [3.05, 3.63) is 107 Å². The average molecular weight is 447 g/mol. The summed E-state index contributed by atoms with van der Waals surface area (Å²) in [7, 11) is 0. The van der Waals surface area contributed by atoms with Crippen molar-refractivity contribution >= 4 is 11.8 Å². The van der Waals surface area contributed by atoms with Gasteiger partial charge in [-0.1, -0.05) is 79.7 Å². The number of carbonyl (C=O) groups is 2. The molecule has 0 aliphatic rings. The Morgan fingerprint density at radius 2 is 1.55 bits per heavy atom. The molecule has 0 heterocycles. The van der Waals surface area contributed by atoms with Crippen LogP contribution in [0, 0.1) is 12.7 Å². The van der Waals surface area contributed by atoms with Crippen molar-refractivity contribution in [2.45, 2.75) is 45.7 Å². The maximum Gasteiger partial charge on any atom is 0.243 e. The Balaban J connectivity index is 1.97. The van der Waals surface area contributed by atoms with Crippen LogP contribution in [0.2, 0.25) is 0 Å². The van der Waals surface area contributed by atoms with Gasteiger partial charge in [0.2, 0.25) is 11.8 Å². The molecule has 2 amide bonds. The van der Waals surface area contributed by atoms with Gasteiger partial charge in [-0.3, -0.25) is 9.59 Å². The summed E-state index contributed by atoms with van der Waals surface area (Å²) in [4.78, 5) is 28.4. The van der Waals surface area contributed by atoms with Crippen molar-refractivity contribution < 1.29 is 14.0 Å². The number of hydrogen-bond donors (Lipinski definition) is 1. The van der Waals surface area contributed by atoms with Crippen LogP contribution < -0.4 is 5.32 Å². The fourth-order valence-electron chi connectivity index (χ4n) is 3.80. The fourth-order valence-corrected chi connectivity index (χ4v) is 3.80. The summed E-state index contributed by atoms with van der Waals surface area (Å²) >= 11 is 0. The van der Waals surface area contributed by atoms with Gasteiger partial charge in [-0.25, -0.2) is 4.39 Å². The first-order valence-corrected chi connectivity index (χ1v) is 11.4. The molecule has 0 aliphatic carbocycles. The molecule has 0 bridgehead atoms. The van der Waals surface area contributed by atoms with E-state index in [1.165, 1.54) is 11.0 Å². The third-order valence-electron chi connectivity index (χ3n) is 5.72. The van der Waals surface area contributed by atoms with E-state index >= 15 is 0 Å². The molecule has 172 valence electrons. The van der Waals surface area contributed by atoms with E-state index < -0.39 is 11.9 Å². The largest absolute Gasteiger partial charge is 0.354 e. The second-order valence-corrected chi connectivity index (χ2v) is 8.21. The molecule has 1 N–H and O–H groups in total. The second-order valence-electron chi connectivity index (χ2n) is 8.21. The van der Waals surface area contributed by atoms with E-state index in [0.717, 1.165) is 23.1 Å². The van der Waals surface area contributed by atoms with Gasteiger partial charge < -0.3 is 10.2 Å². The molecule has 0 unspecified atom stereocenters. The van der Waals surface area contributed by atoms with Gasteiger partial charge in [0.25, 0.3) is 0 Å². The Bertz CT molecular complexity index is 1070. The van der Waals surface area contributed by atoms with Crippen LogP contribution in [0.25, 0.3) is 0 Å². The van der Waals surface area contributed by atoms with E-state index in [1.54, 1.807) is 18.2 Å². The zero-order valence-electron chi connectivity index (χ0n) is 19.3. The smallest absolute Gasteiger partial charge is 0.243 e. The summed E-state index contributed by atoms with van der Waals surface area (Å²) in [5, 5.41) is 2.94. The van der Waals surface area contributed by atoms with Gasteiger partial charge in [-0.2, -0.15) is 0 Å². The Kier molecular flexibility index (Phi) is 8.76. The summed E-state index contributed by atoms with van der Waals surface area (Å²) in [5.41, 5.74) is 3.23. The van der Waals surface area contributed by atoms with Gasteiger partial charge in [-0.05, 0) is 36.1 Å². The Hall–Kier alpha value is -3.47. The molecule has 3 rings (SSSR count). The van der Waals surface area contributed by atoms with Gasteiger partial charge in [0.05, 0.1) is 6.42 Å². The SMILES string of the molecule is CCCNC(=O)[C@H](Cc1ccccc1)N(Cc1ccccc1F)C(=O)Cc1ccccc1C. The van der Waals surface area contributed by atoms with E-state index in [4.69, 9.17) is 0 Å². The molecular weight excluding hydrogens is 415 g/mol. The first kappa shape index (κ1) is 24.2. The van der Waals surface area contributed by atoms with Crippen molar-refractivity contribution in [2.75, 3.05) is 6.54 Å². The molecule has 33 heavy (non-hydrogen) atoms. The van der Waals surface area contributed by atoms with Gasteiger partial charge in [0.15, 0.2) is 0 Å². The highest BCUT2D eigenvalue weighted by molar-refractivity contribution is 5.89. The van der Waals surface area contributed by atoms with Crippen LogP contribution in [0.5, 0.6) is 0 Å². The van der Waals surface area contributed by atoms with Crippen molar-refractivity contribution in [1.82, 2.24) is 10.2 Å². The Labute approximate surface area is 195 Å². The summed E-state index contributed by atoms with van der Waals surface area (Å²) in [5.74, 6) is -0.825. The lowest BCUT2D eigenvalue weighted by Crippen LogP contribution is -2.51. The first-order chi connectivity index (χ1) is 16.0. The number of aryl methyl sites for hydroxylation is 1. The van der Waals surface area contributed by atoms with Crippen LogP contribution in [-0.2, 0) is 29.0 Å². The standard InChI is InChI=1S/C28H31FN2O2/c1-3-17-30-28(33)26(18-22-12-5-4-6-13-22)31(20-24-15-9-10-16-25(24)29)27(32)19-23-14-8-7-11-21(23)2/h4-16,26H,3,17-20H2,1-2H3,(H,30,33)/t26-/m0/s1. The number of nitrogens with zero attached hydrogens (tertiary/aromatic N) is 1. The minimum absolute atomic E-state index is 0.0223. The van der Waals surface area contributed by atoms with Crippen LogP contribution in [-0.4, -0.2) is 29.3 Å². The van der Waals surface area contributed by atoms with Crippen molar-refractivity contribution in [3.63, 3.8) is 0 Å². The number of hydrogen-bond acceptors (Lipinski definition) is 2. The van der Waals surface area contributed by atoms with Crippen LogP contribution in [0.15, 0.2) is 78.9 Å².